The second kappa shape index (κ2) is 5.17. The topological polar surface area (TPSA) is 59.0 Å². The lowest BCUT2D eigenvalue weighted by molar-refractivity contribution is 0.288. The molecular formula is C13H12N2O2. The molecule has 0 aliphatic heterocycles. The Bertz CT molecular complexity index is 523. The van der Waals surface area contributed by atoms with E-state index in [0.717, 1.165) is 22.8 Å². The highest BCUT2D eigenvalue weighted by molar-refractivity contribution is 5.28. The van der Waals surface area contributed by atoms with Crippen molar-refractivity contribution in [3.05, 3.63) is 47.3 Å². The van der Waals surface area contributed by atoms with Crippen molar-refractivity contribution in [2.75, 3.05) is 0 Å². The Morgan fingerprint density at radius 1 is 1.35 bits per heavy atom. The van der Waals surface area contributed by atoms with Crippen LogP contribution in [0.2, 0.25) is 0 Å². The van der Waals surface area contributed by atoms with Crippen molar-refractivity contribution < 1.29 is 9.26 Å². The van der Waals surface area contributed by atoms with Gasteiger partial charge in [0.1, 0.15) is 23.8 Å². The van der Waals surface area contributed by atoms with E-state index < -0.39 is 0 Å². The zero-order valence-electron chi connectivity index (χ0n) is 9.51. The molecular weight excluding hydrogens is 216 g/mol. The summed E-state index contributed by atoms with van der Waals surface area (Å²) in [7, 11) is 0. The summed E-state index contributed by atoms with van der Waals surface area (Å²) in [6.07, 6.45) is 0.419. The van der Waals surface area contributed by atoms with Crippen LogP contribution >= 0.6 is 0 Å². The molecule has 4 heteroatoms. The first kappa shape index (κ1) is 11.2. The van der Waals surface area contributed by atoms with Crippen LogP contribution in [0.5, 0.6) is 5.75 Å². The van der Waals surface area contributed by atoms with Gasteiger partial charge in [0.15, 0.2) is 0 Å². The molecule has 0 aliphatic rings. The lowest BCUT2D eigenvalue weighted by atomic mass is 10.2. The molecule has 0 radical (unpaired) electrons. The number of nitrogens with zero attached hydrogens (tertiary/aromatic N) is 2. The molecule has 2 aromatic rings. The van der Waals surface area contributed by atoms with Gasteiger partial charge in [0, 0.05) is 6.07 Å². The molecule has 0 unspecified atom stereocenters. The van der Waals surface area contributed by atoms with Gasteiger partial charge in [-0.05, 0) is 24.6 Å². The van der Waals surface area contributed by atoms with Crippen molar-refractivity contribution in [1.82, 2.24) is 5.16 Å². The van der Waals surface area contributed by atoms with Gasteiger partial charge in [-0.25, -0.2) is 0 Å². The average molecular weight is 228 g/mol. The summed E-state index contributed by atoms with van der Waals surface area (Å²) in [6, 6.07) is 11.4. The van der Waals surface area contributed by atoms with Gasteiger partial charge in [-0.15, -0.1) is 0 Å². The van der Waals surface area contributed by atoms with Crippen molar-refractivity contribution >= 4 is 0 Å². The van der Waals surface area contributed by atoms with Crippen molar-refractivity contribution in [1.29, 1.82) is 5.26 Å². The second-order valence-corrected chi connectivity index (χ2v) is 3.70. The van der Waals surface area contributed by atoms with E-state index in [-0.39, 0.29) is 0 Å². The summed E-state index contributed by atoms with van der Waals surface area (Å²) in [5, 5.41) is 12.4. The number of nitriles is 1. The van der Waals surface area contributed by atoms with Crippen LogP contribution in [-0.4, -0.2) is 5.16 Å². The van der Waals surface area contributed by atoms with Crippen LogP contribution in [0.25, 0.3) is 0 Å². The monoisotopic (exact) mass is 228 g/mol. The molecule has 0 N–H and O–H groups in total. The molecule has 0 fully saturated rings. The van der Waals surface area contributed by atoms with Gasteiger partial charge in [0.2, 0.25) is 0 Å². The van der Waals surface area contributed by atoms with E-state index in [1.807, 2.05) is 37.3 Å². The SMILES string of the molecule is Cc1cc(COc2ccc(CC#N)cc2)no1. The largest absolute Gasteiger partial charge is 0.487 e. The minimum Gasteiger partial charge on any atom is -0.487 e. The Morgan fingerprint density at radius 3 is 2.71 bits per heavy atom. The van der Waals surface area contributed by atoms with Gasteiger partial charge in [-0.2, -0.15) is 5.26 Å². The molecule has 0 saturated heterocycles. The number of hydrogen-bond donors (Lipinski definition) is 0. The average Bonchev–Trinajstić information content (AvgIpc) is 2.75. The van der Waals surface area contributed by atoms with Gasteiger partial charge in [0.05, 0.1) is 12.5 Å². The number of aromatic nitrogens is 1. The lowest BCUT2D eigenvalue weighted by Crippen LogP contribution is -1.95. The molecule has 4 nitrogen and oxygen atoms in total. The summed E-state index contributed by atoms with van der Waals surface area (Å²) < 4.78 is 10.5. The molecule has 1 aromatic heterocycles. The van der Waals surface area contributed by atoms with Crippen molar-refractivity contribution in [3.8, 4) is 11.8 Å². The number of rotatable bonds is 4. The molecule has 2 rings (SSSR count). The highest BCUT2D eigenvalue weighted by Gasteiger charge is 2.01. The minimum atomic E-state index is 0.384. The lowest BCUT2D eigenvalue weighted by Gasteiger charge is -2.03. The molecule has 86 valence electrons. The summed E-state index contributed by atoms with van der Waals surface area (Å²) >= 11 is 0. The second-order valence-electron chi connectivity index (χ2n) is 3.70. The molecule has 0 saturated carbocycles. The van der Waals surface area contributed by atoms with Gasteiger partial charge in [-0.1, -0.05) is 17.3 Å². The van der Waals surface area contributed by atoms with E-state index in [1.165, 1.54) is 0 Å². The Balaban J connectivity index is 1.93. The molecule has 0 spiro atoms. The Hall–Kier alpha value is -2.28. The fourth-order valence-corrected chi connectivity index (χ4v) is 1.44. The third-order valence-electron chi connectivity index (χ3n) is 2.27. The van der Waals surface area contributed by atoms with Crippen molar-refractivity contribution in [2.24, 2.45) is 0 Å². The zero-order valence-corrected chi connectivity index (χ0v) is 9.51. The Morgan fingerprint density at radius 2 is 2.12 bits per heavy atom. The van der Waals surface area contributed by atoms with Crippen molar-refractivity contribution in [3.63, 3.8) is 0 Å². The third-order valence-corrected chi connectivity index (χ3v) is 2.27. The number of benzene rings is 1. The van der Waals surface area contributed by atoms with Crippen LogP contribution in [-0.2, 0) is 13.0 Å². The maximum absolute atomic E-state index is 8.54. The standard InChI is InChI=1S/C13H12N2O2/c1-10-8-12(15-17-10)9-16-13-4-2-11(3-5-13)6-7-14/h2-5,8H,6,9H2,1H3. The maximum atomic E-state index is 8.54. The van der Waals surface area contributed by atoms with Gasteiger partial charge >= 0.3 is 0 Å². The fraction of sp³-hybridized carbons (Fsp3) is 0.231. The normalized spacial score (nSPS) is 9.88. The van der Waals surface area contributed by atoms with Crippen LogP contribution in [0.4, 0.5) is 0 Å². The van der Waals surface area contributed by atoms with E-state index in [9.17, 15) is 0 Å². The first-order chi connectivity index (χ1) is 8.28. The predicted molar refractivity (Wildman–Crippen MR) is 61.3 cm³/mol. The van der Waals surface area contributed by atoms with E-state index in [2.05, 4.69) is 11.2 Å². The van der Waals surface area contributed by atoms with Crippen LogP contribution < -0.4 is 4.74 Å². The van der Waals surface area contributed by atoms with Crippen LogP contribution in [0.3, 0.4) is 0 Å². The molecule has 0 aliphatic carbocycles. The summed E-state index contributed by atoms with van der Waals surface area (Å²) in [6.45, 7) is 2.22. The van der Waals surface area contributed by atoms with Crippen LogP contribution in [0.1, 0.15) is 17.0 Å². The van der Waals surface area contributed by atoms with Gasteiger partial charge < -0.3 is 9.26 Å². The zero-order chi connectivity index (χ0) is 12.1. The van der Waals surface area contributed by atoms with E-state index >= 15 is 0 Å². The highest BCUT2D eigenvalue weighted by Crippen LogP contribution is 2.14. The highest BCUT2D eigenvalue weighted by atomic mass is 16.5. The van der Waals surface area contributed by atoms with Crippen LogP contribution in [0, 0.1) is 18.3 Å². The number of hydrogen-bond acceptors (Lipinski definition) is 4. The number of aryl methyl sites for hydroxylation is 1. The van der Waals surface area contributed by atoms with Gasteiger partial charge in [-0.3, -0.25) is 0 Å². The van der Waals surface area contributed by atoms with E-state index in [0.29, 0.717) is 13.0 Å². The Kier molecular flexibility index (Phi) is 3.41. The maximum Gasteiger partial charge on any atom is 0.134 e. The van der Waals surface area contributed by atoms with Gasteiger partial charge in [0.25, 0.3) is 0 Å². The fourth-order valence-electron chi connectivity index (χ4n) is 1.44. The number of ether oxygens (including phenoxy) is 1. The molecule has 0 bridgehead atoms. The first-order valence-electron chi connectivity index (χ1n) is 5.29. The quantitative estimate of drug-likeness (QED) is 0.807. The first-order valence-corrected chi connectivity index (χ1v) is 5.29. The molecule has 1 heterocycles. The van der Waals surface area contributed by atoms with E-state index in [4.69, 9.17) is 14.5 Å². The molecule has 17 heavy (non-hydrogen) atoms. The predicted octanol–water partition coefficient (Wildman–Crippen LogP) is 2.63. The molecule has 1 aromatic carbocycles. The smallest absolute Gasteiger partial charge is 0.134 e. The summed E-state index contributed by atoms with van der Waals surface area (Å²) in [5.41, 5.74) is 1.75. The van der Waals surface area contributed by atoms with Crippen molar-refractivity contribution in [2.45, 2.75) is 20.0 Å². The van der Waals surface area contributed by atoms with Crippen LogP contribution in [0.15, 0.2) is 34.9 Å². The summed E-state index contributed by atoms with van der Waals surface area (Å²) in [5.74, 6) is 1.53. The third kappa shape index (κ3) is 3.08. The summed E-state index contributed by atoms with van der Waals surface area (Å²) in [4.78, 5) is 0. The molecule has 0 atom stereocenters. The molecule has 0 amide bonds. The Labute approximate surface area is 99.4 Å². The minimum absolute atomic E-state index is 0.384. The van der Waals surface area contributed by atoms with E-state index in [1.54, 1.807) is 0 Å².